The van der Waals surface area contributed by atoms with Crippen LogP contribution in [0.25, 0.3) is 0 Å². The molecule has 1 heterocycles. The van der Waals surface area contributed by atoms with Crippen LogP contribution in [-0.2, 0) is 6.54 Å². The van der Waals surface area contributed by atoms with Crippen molar-refractivity contribution in [1.82, 2.24) is 15.6 Å². The topological polar surface area (TPSA) is 58.5 Å². The average molecular weight is 472 g/mol. The molecule has 0 bridgehead atoms. The van der Waals surface area contributed by atoms with Gasteiger partial charge in [-0.1, -0.05) is 26.0 Å². The van der Waals surface area contributed by atoms with E-state index in [1.54, 1.807) is 31.4 Å². The summed E-state index contributed by atoms with van der Waals surface area (Å²) >= 11 is 0. The maximum absolute atomic E-state index is 13.2. The van der Waals surface area contributed by atoms with Gasteiger partial charge in [-0.15, -0.1) is 24.0 Å². The second-order valence-electron chi connectivity index (χ2n) is 6.17. The zero-order valence-electron chi connectivity index (χ0n) is 15.5. The average Bonchev–Trinajstić information content (AvgIpc) is 2.59. The highest BCUT2D eigenvalue weighted by atomic mass is 127. The minimum Gasteiger partial charge on any atom is -0.439 e. The lowest BCUT2D eigenvalue weighted by atomic mass is 10.1. The van der Waals surface area contributed by atoms with Gasteiger partial charge in [0.05, 0.1) is 0 Å². The number of ether oxygens (including phenoxy) is 1. The third-order valence-corrected chi connectivity index (χ3v) is 3.86. The van der Waals surface area contributed by atoms with E-state index in [9.17, 15) is 4.39 Å². The summed E-state index contributed by atoms with van der Waals surface area (Å²) in [4.78, 5) is 8.47. The maximum Gasteiger partial charge on any atom is 0.219 e. The van der Waals surface area contributed by atoms with Crippen LogP contribution >= 0.6 is 24.0 Å². The molecular weight excluding hydrogens is 446 g/mol. The van der Waals surface area contributed by atoms with Gasteiger partial charge in [0.2, 0.25) is 5.88 Å². The molecule has 0 saturated carbocycles. The molecule has 5 nitrogen and oxygen atoms in total. The van der Waals surface area contributed by atoms with Gasteiger partial charge >= 0.3 is 0 Å². The number of pyridine rings is 1. The van der Waals surface area contributed by atoms with Crippen molar-refractivity contribution in [1.29, 1.82) is 0 Å². The van der Waals surface area contributed by atoms with E-state index >= 15 is 0 Å². The van der Waals surface area contributed by atoms with Crippen molar-refractivity contribution < 1.29 is 9.13 Å². The number of benzene rings is 1. The van der Waals surface area contributed by atoms with E-state index in [1.165, 1.54) is 12.1 Å². The first kappa shape index (κ1) is 22.1. The normalized spacial score (nSPS) is 12.3. The van der Waals surface area contributed by atoms with Crippen molar-refractivity contribution in [2.45, 2.75) is 33.4 Å². The highest BCUT2D eigenvalue weighted by molar-refractivity contribution is 14.0. The summed E-state index contributed by atoms with van der Waals surface area (Å²) < 4.78 is 18.7. The van der Waals surface area contributed by atoms with Crippen LogP contribution in [0.1, 0.15) is 26.3 Å². The van der Waals surface area contributed by atoms with Gasteiger partial charge in [-0.25, -0.2) is 9.37 Å². The third kappa shape index (κ3) is 7.15. The van der Waals surface area contributed by atoms with E-state index < -0.39 is 0 Å². The Morgan fingerprint density at radius 2 is 2.00 bits per heavy atom. The van der Waals surface area contributed by atoms with Crippen LogP contribution in [0.5, 0.6) is 11.6 Å². The Balaban J connectivity index is 0.00000338. The first-order valence-corrected chi connectivity index (χ1v) is 8.33. The Morgan fingerprint density at radius 3 is 2.58 bits per heavy atom. The van der Waals surface area contributed by atoms with Crippen LogP contribution in [-0.4, -0.2) is 24.0 Å². The van der Waals surface area contributed by atoms with Crippen LogP contribution in [0.3, 0.4) is 0 Å². The van der Waals surface area contributed by atoms with Gasteiger partial charge in [0.15, 0.2) is 5.96 Å². The monoisotopic (exact) mass is 472 g/mol. The Bertz CT molecular complexity index is 707. The van der Waals surface area contributed by atoms with E-state index in [1.807, 2.05) is 6.07 Å². The lowest BCUT2D eigenvalue weighted by molar-refractivity contribution is 0.457. The Morgan fingerprint density at radius 1 is 1.23 bits per heavy atom. The molecule has 7 heteroatoms. The van der Waals surface area contributed by atoms with Gasteiger partial charge in [0, 0.05) is 38.0 Å². The minimum absolute atomic E-state index is 0. The largest absolute Gasteiger partial charge is 0.439 e. The summed E-state index contributed by atoms with van der Waals surface area (Å²) in [5, 5.41) is 6.60. The number of aliphatic imine (C=N–C) groups is 1. The predicted molar refractivity (Wildman–Crippen MR) is 114 cm³/mol. The molecule has 0 aliphatic heterocycles. The van der Waals surface area contributed by atoms with Crippen molar-refractivity contribution in [2.24, 2.45) is 10.9 Å². The molecule has 0 spiro atoms. The Kier molecular flexibility index (Phi) is 9.32. The van der Waals surface area contributed by atoms with E-state index in [2.05, 4.69) is 41.4 Å². The van der Waals surface area contributed by atoms with E-state index in [4.69, 9.17) is 4.74 Å². The molecule has 2 rings (SSSR count). The second-order valence-corrected chi connectivity index (χ2v) is 6.17. The summed E-state index contributed by atoms with van der Waals surface area (Å²) in [6, 6.07) is 9.97. The fraction of sp³-hybridized carbons (Fsp3) is 0.368. The Hall–Kier alpha value is -1.90. The fourth-order valence-corrected chi connectivity index (χ4v) is 1.99. The van der Waals surface area contributed by atoms with Crippen LogP contribution in [0, 0.1) is 11.7 Å². The number of guanidine groups is 1. The molecule has 26 heavy (non-hydrogen) atoms. The standard InChI is InChI=1S/C19H25FN4O.HI/c1-13(2)14(3)24-19(21-4)23-12-15-8-9-18(22-11-15)25-17-7-5-6-16(20)10-17;/h5-11,13-14H,12H2,1-4H3,(H2,21,23,24);1H. The van der Waals surface area contributed by atoms with Crippen LogP contribution in [0.4, 0.5) is 4.39 Å². The lowest BCUT2D eigenvalue weighted by Gasteiger charge is -2.20. The zero-order chi connectivity index (χ0) is 18.2. The highest BCUT2D eigenvalue weighted by Gasteiger charge is 2.09. The molecule has 0 amide bonds. The summed E-state index contributed by atoms with van der Waals surface area (Å²) in [6.45, 7) is 7.04. The van der Waals surface area contributed by atoms with Gasteiger partial charge < -0.3 is 15.4 Å². The van der Waals surface area contributed by atoms with E-state index in [0.717, 1.165) is 11.5 Å². The van der Waals surface area contributed by atoms with Gasteiger partial charge in [-0.05, 0) is 30.5 Å². The molecule has 1 atom stereocenters. The van der Waals surface area contributed by atoms with Crippen LogP contribution in [0.15, 0.2) is 47.6 Å². The number of nitrogens with one attached hydrogen (secondary N) is 2. The van der Waals surface area contributed by atoms with E-state index in [-0.39, 0.29) is 29.8 Å². The molecule has 142 valence electrons. The molecule has 2 N–H and O–H groups in total. The molecule has 0 radical (unpaired) electrons. The van der Waals surface area contributed by atoms with Crippen molar-refractivity contribution in [3.63, 3.8) is 0 Å². The van der Waals surface area contributed by atoms with Crippen LogP contribution in [0.2, 0.25) is 0 Å². The second kappa shape index (κ2) is 10.9. The fourth-order valence-electron chi connectivity index (χ4n) is 1.99. The van der Waals surface area contributed by atoms with Crippen LogP contribution < -0.4 is 15.4 Å². The Labute approximate surface area is 171 Å². The smallest absolute Gasteiger partial charge is 0.219 e. The number of aromatic nitrogens is 1. The number of hydrogen-bond acceptors (Lipinski definition) is 3. The lowest BCUT2D eigenvalue weighted by Crippen LogP contribution is -2.43. The SMILES string of the molecule is CN=C(NCc1ccc(Oc2cccc(F)c2)nc1)NC(C)C(C)C.I. The third-order valence-electron chi connectivity index (χ3n) is 3.86. The first-order valence-electron chi connectivity index (χ1n) is 8.33. The molecule has 2 aromatic rings. The first-order chi connectivity index (χ1) is 12.0. The van der Waals surface area contributed by atoms with E-state index in [0.29, 0.717) is 30.1 Å². The molecule has 0 aliphatic rings. The number of rotatable bonds is 6. The number of halogens is 2. The van der Waals surface area contributed by atoms with Gasteiger partial charge in [-0.3, -0.25) is 4.99 Å². The van der Waals surface area contributed by atoms with Crippen molar-refractivity contribution >= 4 is 29.9 Å². The molecular formula is C19H26FIN4O. The van der Waals surface area contributed by atoms with Gasteiger partial charge in [-0.2, -0.15) is 0 Å². The predicted octanol–water partition coefficient (Wildman–Crippen LogP) is 4.34. The van der Waals surface area contributed by atoms with Crippen molar-refractivity contribution in [3.8, 4) is 11.6 Å². The minimum atomic E-state index is -0.340. The molecule has 0 saturated heterocycles. The molecule has 0 fully saturated rings. The maximum atomic E-state index is 13.2. The molecule has 1 aromatic carbocycles. The number of hydrogen-bond donors (Lipinski definition) is 2. The summed E-state index contributed by atoms with van der Waals surface area (Å²) in [5.41, 5.74) is 0.992. The molecule has 1 aromatic heterocycles. The summed E-state index contributed by atoms with van der Waals surface area (Å²) in [5.74, 6) is 1.77. The number of nitrogens with zero attached hydrogens (tertiary/aromatic N) is 2. The quantitative estimate of drug-likeness (QED) is 0.373. The zero-order valence-corrected chi connectivity index (χ0v) is 17.8. The molecule has 0 aliphatic carbocycles. The van der Waals surface area contributed by atoms with Gasteiger partial charge in [0.1, 0.15) is 11.6 Å². The summed E-state index contributed by atoms with van der Waals surface area (Å²) in [7, 11) is 1.75. The van der Waals surface area contributed by atoms with Crippen molar-refractivity contribution in [2.75, 3.05) is 7.05 Å². The van der Waals surface area contributed by atoms with Crippen molar-refractivity contribution in [3.05, 3.63) is 54.0 Å². The highest BCUT2D eigenvalue weighted by Crippen LogP contribution is 2.19. The van der Waals surface area contributed by atoms with Gasteiger partial charge in [0.25, 0.3) is 0 Å². The molecule has 1 unspecified atom stereocenters. The summed E-state index contributed by atoms with van der Waals surface area (Å²) in [6.07, 6.45) is 1.72.